The van der Waals surface area contributed by atoms with Gasteiger partial charge in [0.05, 0.1) is 21.3 Å². The molecule has 1 aromatic carbocycles. The van der Waals surface area contributed by atoms with Crippen LogP contribution in [0.4, 0.5) is 13.2 Å². The highest BCUT2D eigenvalue weighted by Crippen LogP contribution is 2.43. The predicted octanol–water partition coefficient (Wildman–Crippen LogP) is 6.22. The Bertz CT molecular complexity index is 1130. The van der Waals surface area contributed by atoms with Crippen LogP contribution in [0.15, 0.2) is 52.5 Å². The summed E-state index contributed by atoms with van der Waals surface area (Å²) in [7, 11) is 0. The van der Waals surface area contributed by atoms with E-state index in [0.717, 1.165) is 4.57 Å². The van der Waals surface area contributed by atoms with E-state index in [0.29, 0.717) is 21.9 Å². The summed E-state index contributed by atoms with van der Waals surface area (Å²) in [5.74, 6) is -0.845. The van der Waals surface area contributed by atoms with Gasteiger partial charge >= 0.3 is 12.1 Å². The maximum absolute atomic E-state index is 13.8. The van der Waals surface area contributed by atoms with Gasteiger partial charge in [0.2, 0.25) is 0 Å². The molecule has 0 unspecified atom stereocenters. The maximum atomic E-state index is 13.8. The molecule has 0 atom stereocenters. The molecule has 4 nitrogen and oxygen atoms in total. The summed E-state index contributed by atoms with van der Waals surface area (Å²) < 4.78 is 46.8. The summed E-state index contributed by atoms with van der Waals surface area (Å²) in [6.45, 7) is -0.768. The molecule has 0 N–H and O–H groups in total. The number of hydrogen-bond donors (Lipinski definition) is 0. The SMILES string of the molecule is N#Cc1c(Br)c(C(F)(F)F)n(COC(=O)C2=CC=CCC2=S)c1-c1ccc(Cl)cc1. The molecular weight excluding hydrogens is 505 g/mol. The second kappa shape index (κ2) is 8.76. The Morgan fingerprint density at radius 1 is 1.33 bits per heavy atom. The van der Waals surface area contributed by atoms with E-state index in [2.05, 4.69) is 15.9 Å². The molecule has 3 rings (SSSR count). The molecule has 0 amide bonds. The van der Waals surface area contributed by atoms with Gasteiger partial charge in [0.15, 0.2) is 6.73 Å². The van der Waals surface area contributed by atoms with E-state index < -0.39 is 29.0 Å². The summed E-state index contributed by atoms with van der Waals surface area (Å²) >= 11 is 13.9. The third-order valence-electron chi connectivity index (χ3n) is 4.25. The Hall–Kier alpha value is -2.41. The lowest BCUT2D eigenvalue weighted by molar-refractivity contribution is -0.152. The van der Waals surface area contributed by atoms with Crippen molar-refractivity contribution in [3.63, 3.8) is 0 Å². The number of alkyl halides is 3. The van der Waals surface area contributed by atoms with Gasteiger partial charge in [0.1, 0.15) is 11.8 Å². The number of esters is 1. The van der Waals surface area contributed by atoms with Gasteiger partial charge < -0.3 is 9.30 Å². The van der Waals surface area contributed by atoms with Crippen LogP contribution >= 0.6 is 39.7 Å². The lowest BCUT2D eigenvalue weighted by Gasteiger charge is -2.17. The van der Waals surface area contributed by atoms with Crippen molar-refractivity contribution in [1.29, 1.82) is 5.26 Å². The van der Waals surface area contributed by atoms with E-state index >= 15 is 0 Å². The van der Waals surface area contributed by atoms with Crippen molar-refractivity contribution in [2.24, 2.45) is 0 Å². The fourth-order valence-electron chi connectivity index (χ4n) is 2.93. The van der Waals surface area contributed by atoms with E-state index in [1.54, 1.807) is 18.2 Å². The zero-order valence-electron chi connectivity index (χ0n) is 15.0. The summed E-state index contributed by atoms with van der Waals surface area (Å²) in [5, 5.41) is 9.88. The zero-order valence-corrected chi connectivity index (χ0v) is 18.1. The molecule has 154 valence electrons. The molecule has 0 spiro atoms. The van der Waals surface area contributed by atoms with Crippen molar-refractivity contribution < 1.29 is 22.7 Å². The van der Waals surface area contributed by atoms with Crippen LogP contribution in [0.25, 0.3) is 11.3 Å². The summed E-state index contributed by atoms with van der Waals surface area (Å²) in [6, 6.07) is 7.72. The number of benzene rings is 1. The minimum absolute atomic E-state index is 0.0544. The monoisotopic (exact) mass is 514 g/mol. The molecule has 30 heavy (non-hydrogen) atoms. The van der Waals surface area contributed by atoms with Gasteiger partial charge in [0, 0.05) is 16.3 Å². The number of rotatable bonds is 4. The van der Waals surface area contributed by atoms with Crippen LogP contribution in [-0.2, 0) is 22.4 Å². The Morgan fingerprint density at radius 3 is 2.57 bits per heavy atom. The summed E-state index contributed by atoms with van der Waals surface area (Å²) in [6.07, 6.45) is 0.372. The highest BCUT2D eigenvalue weighted by atomic mass is 79.9. The number of allylic oxidation sites excluding steroid dienone is 3. The first-order valence-electron chi connectivity index (χ1n) is 8.37. The molecule has 0 radical (unpaired) electrons. The molecule has 2 aromatic rings. The lowest BCUT2D eigenvalue weighted by atomic mass is 10.1. The average molecular weight is 516 g/mol. The molecule has 0 saturated heterocycles. The first kappa shape index (κ1) is 22.3. The second-order valence-corrected chi connectivity index (χ2v) is 7.85. The van der Waals surface area contributed by atoms with Gasteiger partial charge in [-0.15, -0.1) is 0 Å². The average Bonchev–Trinajstić information content (AvgIpc) is 2.98. The summed E-state index contributed by atoms with van der Waals surface area (Å²) in [5.41, 5.74) is -1.02. The van der Waals surface area contributed by atoms with Gasteiger partial charge in [-0.05, 0) is 39.7 Å². The second-order valence-electron chi connectivity index (χ2n) is 6.13. The molecule has 0 bridgehead atoms. The molecule has 0 saturated carbocycles. The van der Waals surface area contributed by atoms with Crippen molar-refractivity contribution in [3.05, 3.63) is 68.8 Å². The van der Waals surface area contributed by atoms with E-state index in [4.69, 9.17) is 28.6 Å². The zero-order chi connectivity index (χ0) is 22.1. The minimum Gasteiger partial charge on any atom is -0.440 e. The maximum Gasteiger partial charge on any atom is 0.432 e. The van der Waals surface area contributed by atoms with Gasteiger partial charge in [-0.3, -0.25) is 0 Å². The molecule has 0 aliphatic heterocycles. The number of halogens is 5. The molecule has 0 fully saturated rings. The van der Waals surface area contributed by atoms with Gasteiger partial charge in [0.25, 0.3) is 0 Å². The number of nitrogens with zero attached hydrogens (tertiary/aromatic N) is 2. The van der Waals surface area contributed by atoms with Crippen molar-refractivity contribution in [2.45, 2.75) is 19.3 Å². The third-order valence-corrected chi connectivity index (χ3v) is 5.66. The van der Waals surface area contributed by atoms with Crippen molar-refractivity contribution in [2.75, 3.05) is 0 Å². The Morgan fingerprint density at radius 2 is 2.00 bits per heavy atom. The molecule has 1 aliphatic carbocycles. The Labute approximate surface area is 188 Å². The summed E-state index contributed by atoms with van der Waals surface area (Å²) in [4.78, 5) is 12.7. The van der Waals surface area contributed by atoms with E-state index in [9.17, 15) is 23.2 Å². The number of thiocarbonyl (C=S) groups is 1. The topological polar surface area (TPSA) is 55.0 Å². The first-order chi connectivity index (χ1) is 14.1. The Balaban J connectivity index is 2.09. The Kier molecular flexibility index (Phi) is 6.50. The highest BCUT2D eigenvalue weighted by molar-refractivity contribution is 9.10. The largest absolute Gasteiger partial charge is 0.440 e. The number of ether oxygens (including phenoxy) is 1. The fraction of sp³-hybridized carbons (Fsp3) is 0.150. The molecular formula is C20H11BrClF3N2O2S. The van der Waals surface area contributed by atoms with Crippen LogP contribution in [0.1, 0.15) is 17.7 Å². The normalized spacial score (nSPS) is 13.7. The minimum atomic E-state index is -4.82. The number of nitriles is 1. The molecule has 1 aliphatic rings. The number of carbonyl (C=O) groups excluding carboxylic acids is 1. The van der Waals surface area contributed by atoms with Crippen LogP contribution in [0.5, 0.6) is 0 Å². The molecule has 1 heterocycles. The lowest BCUT2D eigenvalue weighted by Crippen LogP contribution is -2.21. The van der Waals surface area contributed by atoms with Crippen LogP contribution in [0.2, 0.25) is 5.02 Å². The van der Waals surface area contributed by atoms with Crippen molar-refractivity contribution >= 4 is 50.6 Å². The first-order valence-corrected chi connectivity index (χ1v) is 9.95. The van der Waals surface area contributed by atoms with Crippen molar-refractivity contribution in [1.82, 2.24) is 4.57 Å². The van der Waals surface area contributed by atoms with E-state index in [1.807, 2.05) is 0 Å². The smallest absolute Gasteiger partial charge is 0.432 e. The van der Waals surface area contributed by atoms with Crippen LogP contribution in [0.3, 0.4) is 0 Å². The number of hydrogen-bond acceptors (Lipinski definition) is 4. The molecule has 10 heteroatoms. The van der Waals surface area contributed by atoms with E-state index in [1.165, 1.54) is 30.3 Å². The van der Waals surface area contributed by atoms with E-state index in [-0.39, 0.29) is 16.8 Å². The highest BCUT2D eigenvalue weighted by Gasteiger charge is 2.41. The number of carbonyl (C=O) groups is 1. The van der Waals surface area contributed by atoms with Gasteiger partial charge in [-0.2, -0.15) is 18.4 Å². The van der Waals surface area contributed by atoms with Crippen molar-refractivity contribution in [3.8, 4) is 17.3 Å². The molecule has 1 aromatic heterocycles. The number of aromatic nitrogens is 1. The fourth-order valence-corrected chi connectivity index (χ4v) is 4.02. The predicted molar refractivity (Wildman–Crippen MR) is 113 cm³/mol. The third kappa shape index (κ3) is 4.36. The van der Waals surface area contributed by atoms with Crippen LogP contribution in [0, 0.1) is 11.3 Å². The van der Waals surface area contributed by atoms with Crippen LogP contribution < -0.4 is 0 Å². The van der Waals surface area contributed by atoms with Gasteiger partial charge in [-0.25, -0.2) is 4.79 Å². The van der Waals surface area contributed by atoms with Crippen LogP contribution in [-0.4, -0.2) is 15.4 Å². The standard InChI is InChI=1S/C20H11BrClF3N2O2S/c21-16-14(9-26)17(11-5-7-12(22)8-6-11)27(18(16)20(23,24)25)10-29-19(28)13-3-1-2-4-15(13)30/h1-3,5-8H,4,10H2. The van der Waals surface area contributed by atoms with Gasteiger partial charge in [-0.1, -0.05) is 48.1 Å². The quantitative estimate of drug-likeness (QED) is 0.358.